The van der Waals surface area contributed by atoms with Crippen LogP contribution in [0.25, 0.3) is 12.2 Å². The van der Waals surface area contributed by atoms with Crippen LogP contribution in [0.2, 0.25) is 0 Å². The van der Waals surface area contributed by atoms with Gasteiger partial charge in [-0.15, -0.1) is 0 Å². The number of anilines is 2. The number of benzene rings is 2. The van der Waals surface area contributed by atoms with Crippen molar-refractivity contribution >= 4 is 46.6 Å². The van der Waals surface area contributed by atoms with Gasteiger partial charge < -0.3 is 14.7 Å². The molecule has 0 spiro atoms. The Hall–Kier alpha value is -2.92. The number of amidine groups is 1. The van der Waals surface area contributed by atoms with Crippen LogP contribution in [0.15, 0.2) is 65.3 Å². The zero-order valence-corrected chi connectivity index (χ0v) is 17.9. The van der Waals surface area contributed by atoms with Crippen molar-refractivity contribution in [2.24, 2.45) is 4.99 Å². The number of rotatable bonds is 5. The molecule has 0 amide bonds. The van der Waals surface area contributed by atoms with E-state index in [4.69, 9.17) is 17.2 Å². The summed E-state index contributed by atoms with van der Waals surface area (Å²) in [6.07, 6.45) is 6.10. The van der Waals surface area contributed by atoms with Crippen LogP contribution in [-0.2, 0) is 0 Å². The minimum absolute atomic E-state index is 0.735. The first kappa shape index (κ1) is 19.8. The molecule has 0 bridgehead atoms. The summed E-state index contributed by atoms with van der Waals surface area (Å²) in [6, 6.07) is 16.8. The van der Waals surface area contributed by atoms with E-state index in [9.17, 15) is 0 Å². The van der Waals surface area contributed by atoms with E-state index in [2.05, 4.69) is 64.4 Å². The molecule has 0 saturated heterocycles. The van der Waals surface area contributed by atoms with E-state index < -0.39 is 0 Å². The fourth-order valence-electron chi connectivity index (χ4n) is 2.85. The fourth-order valence-corrected chi connectivity index (χ4v) is 3.04. The molecule has 0 aromatic heterocycles. The Morgan fingerprint density at radius 2 is 1.29 bits per heavy atom. The summed E-state index contributed by atoms with van der Waals surface area (Å²) < 4.78 is 0. The highest BCUT2D eigenvalue weighted by atomic mass is 32.1. The third-order valence-electron chi connectivity index (χ3n) is 4.65. The molecule has 28 heavy (non-hydrogen) atoms. The summed E-state index contributed by atoms with van der Waals surface area (Å²) in [5, 5.41) is 0. The minimum atomic E-state index is 0.735. The smallest absolute Gasteiger partial charge is 0.134 e. The van der Waals surface area contributed by atoms with Crippen molar-refractivity contribution < 1.29 is 0 Å². The quantitative estimate of drug-likeness (QED) is 0.552. The molecule has 0 aliphatic carbocycles. The summed E-state index contributed by atoms with van der Waals surface area (Å²) in [5.41, 5.74) is 5.38. The van der Waals surface area contributed by atoms with Crippen molar-refractivity contribution in [1.82, 2.24) is 4.90 Å². The van der Waals surface area contributed by atoms with Crippen LogP contribution in [0.3, 0.4) is 0 Å². The van der Waals surface area contributed by atoms with Gasteiger partial charge in [-0.2, -0.15) is 0 Å². The highest BCUT2D eigenvalue weighted by molar-refractivity contribution is 7.80. The molecule has 1 heterocycles. The summed E-state index contributed by atoms with van der Waals surface area (Å²) in [4.78, 5) is 11.6. The average Bonchev–Trinajstić information content (AvgIpc) is 2.95. The van der Waals surface area contributed by atoms with Crippen LogP contribution in [-0.4, -0.2) is 51.0 Å². The first-order chi connectivity index (χ1) is 13.3. The fraction of sp³-hybridized carbons (Fsp3) is 0.217. The van der Waals surface area contributed by atoms with Gasteiger partial charge in [0.2, 0.25) is 0 Å². The third kappa shape index (κ3) is 4.49. The molecule has 1 aliphatic rings. The molecule has 4 nitrogen and oxygen atoms in total. The Morgan fingerprint density at radius 3 is 1.79 bits per heavy atom. The lowest BCUT2D eigenvalue weighted by atomic mass is 10.1. The molecule has 0 fully saturated rings. The third-order valence-corrected chi connectivity index (χ3v) is 5.13. The predicted molar refractivity (Wildman–Crippen MR) is 126 cm³/mol. The van der Waals surface area contributed by atoms with Crippen molar-refractivity contribution in [3.05, 3.63) is 71.4 Å². The average molecular weight is 391 g/mol. The monoisotopic (exact) mass is 390 g/mol. The van der Waals surface area contributed by atoms with E-state index in [1.165, 1.54) is 11.4 Å². The molecule has 2 aromatic rings. The lowest BCUT2D eigenvalue weighted by molar-refractivity contribution is 0.795. The molecule has 144 valence electrons. The van der Waals surface area contributed by atoms with Gasteiger partial charge in [-0.3, -0.25) is 0 Å². The molecule has 0 unspecified atom stereocenters. The van der Waals surface area contributed by atoms with Gasteiger partial charge in [0.1, 0.15) is 16.5 Å². The van der Waals surface area contributed by atoms with E-state index in [-0.39, 0.29) is 0 Å². The Morgan fingerprint density at radius 1 is 0.786 bits per heavy atom. The van der Waals surface area contributed by atoms with Crippen LogP contribution in [0, 0.1) is 0 Å². The molecule has 0 radical (unpaired) electrons. The topological polar surface area (TPSA) is 22.1 Å². The highest BCUT2D eigenvalue weighted by Gasteiger charge is 2.21. The molecular weight excluding hydrogens is 364 g/mol. The number of nitrogens with zero attached hydrogens (tertiary/aromatic N) is 4. The van der Waals surface area contributed by atoms with Crippen LogP contribution in [0.5, 0.6) is 0 Å². The van der Waals surface area contributed by atoms with Crippen molar-refractivity contribution in [2.75, 3.05) is 45.0 Å². The molecule has 3 rings (SSSR count). The molecule has 0 saturated carbocycles. The van der Waals surface area contributed by atoms with E-state index in [0.717, 1.165) is 27.6 Å². The highest BCUT2D eigenvalue weighted by Crippen LogP contribution is 2.21. The standard InChI is InChI=1S/C23H26N4S/c1-25(2)19-11-6-17(7-12-19)10-15-22-24-21(23(28)27(22)5)16-18-8-13-20(14-9-18)26(3)4/h6-16H,1-5H3/b15-10+,21-16-. The number of aliphatic imine (C=N–C) groups is 1. The molecule has 1 aliphatic heterocycles. The van der Waals surface area contributed by atoms with Crippen molar-refractivity contribution in [1.29, 1.82) is 0 Å². The lowest BCUT2D eigenvalue weighted by Gasteiger charge is -2.12. The minimum Gasteiger partial charge on any atom is -0.378 e. The van der Waals surface area contributed by atoms with Crippen molar-refractivity contribution in [2.45, 2.75) is 0 Å². The van der Waals surface area contributed by atoms with Crippen LogP contribution >= 0.6 is 12.2 Å². The molecule has 0 N–H and O–H groups in total. The van der Waals surface area contributed by atoms with Crippen LogP contribution < -0.4 is 9.80 Å². The molecule has 2 aromatic carbocycles. The van der Waals surface area contributed by atoms with Gasteiger partial charge in [-0.1, -0.05) is 42.6 Å². The van der Waals surface area contributed by atoms with Gasteiger partial charge in [0.15, 0.2) is 0 Å². The number of hydrogen-bond acceptors (Lipinski definition) is 4. The Bertz CT molecular complexity index is 936. The first-order valence-electron chi connectivity index (χ1n) is 9.16. The van der Waals surface area contributed by atoms with E-state index in [1.54, 1.807) is 0 Å². The van der Waals surface area contributed by atoms with E-state index >= 15 is 0 Å². The Balaban J connectivity index is 1.79. The van der Waals surface area contributed by atoms with Crippen LogP contribution in [0.4, 0.5) is 11.4 Å². The predicted octanol–water partition coefficient (Wildman–Crippen LogP) is 4.54. The SMILES string of the molecule is CN1C(=S)/C(=C/c2ccc(N(C)C)cc2)N=C1/C=C/c1ccc(N(C)C)cc1. The lowest BCUT2D eigenvalue weighted by Crippen LogP contribution is -2.24. The van der Waals surface area contributed by atoms with Crippen molar-refractivity contribution in [3.8, 4) is 0 Å². The maximum Gasteiger partial charge on any atom is 0.134 e. The van der Waals surface area contributed by atoms with Gasteiger partial charge in [-0.25, -0.2) is 4.99 Å². The van der Waals surface area contributed by atoms with Gasteiger partial charge in [0.25, 0.3) is 0 Å². The Labute approximate surface area is 173 Å². The van der Waals surface area contributed by atoms with Crippen LogP contribution in [0.1, 0.15) is 11.1 Å². The number of likely N-dealkylation sites (N-methyl/N-ethyl adjacent to an activating group) is 1. The second-order valence-electron chi connectivity index (χ2n) is 7.17. The summed E-state index contributed by atoms with van der Waals surface area (Å²) in [6.45, 7) is 0. The van der Waals surface area contributed by atoms with E-state index in [1.807, 2.05) is 52.3 Å². The first-order valence-corrected chi connectivity index (χ1v) is 9.57. The summed E-state index contributed by atoms with van der Waals surface area (Å²) >= 11 is 5.58. The maximum atomic E-state index is 5.58. The van der Waals surface area contributed by atoms with Gasteiger partial charge in [0, 0.05) is 46.6 Å². The second kappa shape index (κ2) is 8.40. The normalized spacial score (nSPS) is 15.5. The zero-order valence-electron chi connectivity index (χ0n) is 17.0. The molecule has 0 atom stereocenters. The molecule has 5 heteroatoms. The van der Waals surface area contributed by atoms with Gasteiger partial charge in [-0.05, 0) is 47.5 Å². The second-order valence-corrected chi connectivity index (χ2v) is 7.56. The zero-order chi connectivity index (χ0) is 20.3. The number of hydrogen-bond donors (Lipinski definition) is 0. The number of thiocarbonyl (C=S) groups is 1. The molecular formula is C23H26N4S. The van der Waals surface area contributed by atoms with Crippen molar-refractivity contribution in [3.63, 3.8) is 0 Å². The van der Waals surface area contributed by atoms with E-state index in [0.29, 0.717) is 0 Å². The largest absolute Gasteiger partial charge is 0.378 e. The van der Waals surface area contributed by atoms with Gasteiger partial charge in [0.05, 0.1) is 0 Å². The maximum absolute atomic E-state index is 5.58. The van der Waals surface area contributed by atoms with Gasteiger partial charge >= 0.3 is 0 Å². The summed E-state index contributed by atoms with van der Waals surface area (Å²) in [5.74, 6) is 0.845. The Kier molecular flexibility index (Phi) is 5.95. The summed E-state index contributed by atoms with van der Waals surface area (Å²) in [7, 11) is 10.1.